The summed E-state index contributed by atoms with van der Waals surface area (Å²) in [7, 11) is 0. The van der Waals surface area contributed by atoms with Crippen LogP contribution < -0.4 is 5.32 Å². The Bertz CT molecular complexity index is 615. The fourth-order valence-corrected chi connectivity index (χ4v) is 3.29. The van der Waals surface area contributed by atoms with Crippen molar-refractivity contribution in [3.05, 3.63) is 42.5 Å². The van der Waals surface area contributed by atoms with Crippen LogP contribution in [0, 0.1) is 5.92 Å². The number of rotatable bonds is 6. The molecule has 2 aromatic rings. The number of carbonyl (C=O) groups excluding carboxylic acids is 1. The van der Waals surface area contributed by atoms with Crippen molar-refractivity contribution in [3.8, 4) is 5.69 Å². The molecule has 1 heterocycles. The Balaban J connectivity index is 1.51. The number of aromatic nitrogens is 3. The summed E-state index contributed by atoms with van der Waals surface area (Å²) >= 11 is 0. The SMILES string of the molecule is CC(NC(=O)CCC1CCCC1)c1ccc(-n2cncn2)cc1. The van der Waals surface area contributed by atoms with Crippen LogP contribution in [-0.4, -0.2) is 20.7 Å². The second kappa shape index (κ2) is 7.40. The zero-order chi connectivity index (χ0) is 16.1. The molecule has 122 valence electrons. The van der Waals surface area contributed by atoms with Gasteiger partial charge in [-0.25, -0.2) is 9.67 Å². The van der Waals surface area contributed by atoms with Crippen LogP contribution in [0.25, 0.3) is 5.69 Å². The van der Waals surface area contributed by atoms with Crippen molar-refractivity contribution in [2.75, 3.05) is 0 Å². The molecule has 1 amide bonds. The molecule has 5 heteroatoms. The number of carbonyl (C=O) groups is 1. The molecule has 1 aromatic heterocycles. The van der Waals surface area contributed by atoms with Crippen LogP contribution in [0.15, 0.2) is 36.9 Å². The summed E-state index contributed by atoms with van der Waals surface area (Å²) in [5.74, 6) is 0.919. The molecule has 0 saturated heterocycles. The predicted molar refractivity (Wildman–Crippen MR) is 89.1 cm³/mol. The van der Waals surface area contributed by atoms with Gasteiger partial charge in [-0.2, -0.15) is 5.10 Å². The molecule has 0 bridgehead atoms. The average molecular weight is 312 g/mol. The molecule has 1 N–H and O–H groups in total. The van der Waals surface area contributed by atoms with E-state index in [1.165, 1.54) is 32.0 Å². The molecule has 5 nitrogen and oxygen atoms in total. The van der Waals surface area contributed by atoms with Gasteiger partial charge < -0.3 is 5.32 Å². The van der Waals surface area contributed by atoms with E-state index in [9.17, 15) is 4.79 Å². The minimum atomic E-state index is 0.0240. The molecule has 1 aliphatic rings. The zero-order valence-electron chi connectivity index (χ0n) is 13.6. The first kappa shape index (κ1) is 15.7. The molecule has 1 fully saturated rings. The van der Waals surface area contributed by atoms with Crippen LogP contribution >= 0.6 is 0 Å². The van der Waals surface area contributed by atoms with Gasteiger partial charge in [0, 0.05) is 6.42 Å². The Morgan fingerprint density at radius 3 is 2.70 bits per heavy atom. The molecular weight excluding hydrogens is 288 g/mol. The molecular formula is C18H24N4O. The van der Waals surface area contributed by atoms with Crippen molar-refractivity contribution in [2.45, 2.75) is 51.5 Å². The minimum Gasteiger partial charge on any atom is -0.350 e. The Kier molecular flexibility index (Phi) is 5.05. The van der Waals surface area contributed by atoms with Crippen LogP contribution in [0.3, 0.4) is 0 Å². The Hall–Kier alpha value is -2.17. The van der Waals surface area contributed by atoms with E-state index in [-0.39, 0.29) is 11.9 Å². The number of amides is 1. The fraction of sp³-hybridized carbons (Fsp3) is 0.500. The summed E-state index contributed by atoms with van der Waals surface area (Å²) in [6.45, 7) is 2.03. The number of benzene rings is 1. The van der Waals surface area contributed by atoms with Gasteiger partial charge in [0.1, 0.15) is 12.7 Å². The summed E-state index contributed by atoms with van der Waals surface area (Å²) in [4.78, 5) is 16.0. The first-order valence-corrected chi connectivity index (χ1v) is 8.46. The van der Waals surface area contributed by atoms with Gasteiger partial charge >= 0.3 is 0 Å². The fourth-order valence-electron chi connectivity index (χ4n) is 3.29. The Labute approximate surface area is 137 Å². The minimum absolute atomic E-state index is 0.0240. The maximum absolute atomic E-state index is 12.1. The summed E-state index contributed by atoms with van der Waals surface area (Å²) < 4.78 is 1.72. The summed E-state index contributed by atoms with van der Waals surface area (Å²) in [6.07, 6.45) is 10.1. The molecule has 1 aromatic carbocycles. The van der Waals surface area contributed by atoms with E-state index in [1.54, 1.807) is 11.0 Å². The highest BCUT2D eigenvalue weighted by Crippen LogP contribution is 2.28. The highest BCUT2D eigenvalue weighted by atomic mass is 16.1. The van der Waals surface area contributed by atoms with E-state index < -0.39 is 0 Å². The van der Waals surface area contributed by atoms with E-state index in [0.717, 1.165) is 23.6 Å². The zero-order valence-corrected chi connectivity index (χ0v) is 13.6. The van der Waals surface area contributed by atoms with Crippen molar-refractivity contribution in [1.82, 2.24) is 20.1 Å². The molecule has 1 atom stereocenters. The predicted octanol–water partition coefficient (Wildman–Crippen LogP) is 3.41. The van der Waals surface area contributed by atoms with Gasteiger partial charge in [0.05, 0.1) is 11.7 Å². The molecule has 0 spiro atoms. The van der Waals surface area contributed by atoms with Gasteiger partial charge in [0.15, 0.2) is 0 Å². The normalized spacial score (nSPS) is 16.4. The van der Waals surface area contributed by atoms with E-state index in [0.29, 0.717) is 6.42 Å². The van der Waals surface area contributed by atoms with Crippen molar-refractivity contribution < 1.29 is 4.79 Å². The van der Waals surface area contributed by atoms with Gasteiger partial charge in [0.25, 0.3) is 0 Å². The smallest absolute Gasteiger partial charge is 0.220 e. The third kappa shape index (κ3) is 4.18. The number of nitrogens with zero attached hydrogens (tertiary/aromatic N) is 3. The monoisotopic (exact) mass is 312 g/mol. The largest absolute Gasteiger partial charge is 0.350 e. The third-order valence-corrected chi connectivity index (χ3v) is 4.71. The third-order valence-electron chi connectivity index (χ3n) is 4.71. The molecule has 0 radical (unpaired) electrons. The van der Waals surface area contributed by atoms with Crippen molar-refractivity contribution in [2.24, 2.45) is 5.92 Å². The lowest BCUT2D eigenvalue weighted by Gasteiger charge is -2.16. The van der Waals surface area contributed by atoms with Crippen molar-refractivity contribution >= 4 is 5.91 Å². The van der Waals surface area contributed by atoms with Crippen molar-refractivity contribution in [1.29, 1.82) is 0 Å². The van der Waals surface area contributed by atoms with E-state index >= 15 is 0 Å². The Morgan fingerprint density at radius 1 is 1.30 bits per heavy atom. The number of hydrogen-bond donors (Lipinski definition) is 1. The van der Waals surface area contributed by atoms with Gasteiger partial charge in [-0.05, 0) is 37.0 Å². The van der Waals surface area contributed by atoms with Crippen molar-refractivity contribution in [3.63, 3.8) is 0 Å². The van der Waals surface area contributed by atoms with E-state index in [1.807, 2.05) is 31.2 Å². The first-order chi connectivity index (χ1) is 11.2. The highest BCUT2D eigenvalue weighted by molar-refractivity contribution is 5.76. The maximum atomic E-state index is 12.1. The molecule has 3 rings (SSSR count). The van der Waals surface area contributed by atoms with E-state index in [2.05, 4.69) is 15.4 Å². The quantitative estimate of drug-likeness (QED) is 0.889. The second-order valence-corrected chi connectivity index (χ2v) is 6.41. The topological polar surface area (TPSA) is 59.8 Å². The van der Waals surface area contributed by atoms with Crippen LogP contribution in [-0.2, 0) is 4.79 Å². The van der Waals surface area contributed by atoms with Gasteiger partial charge in [-0.3, -0.25) is 4.79 Å². The van der Waals surface area contributed by atoms with Crippen LogP contribution in [0.4, 0.5) is 0 Å². The Morgan fingerprint density at radius 2 is 2.04 bits per heavy atom. The van der Waals surface area contributed by atoms with Crippen LogP contribution in [0.2, 0.25) is 0 Å². The second-order valence-electron chi connectivity index (χ2n) is 6.41. The van der Waals surface area contributed by atoms with Gasteiger partial charge in [-0.1, -0.05) is 37.8 Å². The first-order valence-electron chi connectivity index (χ1n) is 8.46. The van der Waals surface area contributed by atoms with Crippen LogP contribution in [0.1, 0.15) is 57.1 Å². The lowest BCUT2D eigenvalue weighted by Crippen LogP contribution is -2.26. The maximum Gasteiger partial charge on any atom is 0.220 e. The molecule has 0 aliphatic heterocycles. The average Bonchev–Trinajstić information content (AvgIpc) is 3.26. The summed E-state index contributed by atoms with van der Waals surface area (Å²) in [6, 6.07) is 8.06. The number of hydrogen-bond acceptors (Lipinski definition) is 3. The highest BCUT2D eigenvalue weighted by Gasteiger charge is 2.17. The standard InChI is InChI=1S/C18H24N4O/c1-14(21-18(23)11-6-15-4-2-3-5-15)16-7-9-17(10-8-16)22-13-19-12-20-22/h7-10,12-15H,2-6,11H2,1H3,(H,21,23). The lowest BCUT2D eigenvalue weighted by atomic mass is 10.0. The lowest BCUT2D eigenvalue weighted by molar-refractivity contribution is -0.122. The summed E-state index contributed by atoms with van der Waals surface area (Å²) in [5.41, 5.74) is 2.06. The molecule has 1 aliphatic carbocycles. The van der Waals surface area contributed by atoms with Gasteiger partial charge in [-0.15, -0.1) is 0 Å². The summed E-state index contributed by atoms with van der Waals surface area (Å²) in [5, 5.41) is 7.21. The number of nitrogens with one attached hydrogen (secondary N) is 1. The molecule has 1 saturated carbocycles. The molecule has 1 unspecified atom stereocenters. The molecule has 23 heavy (non-hydrogen) atoms. The van der Waals surface area contributed by atoms with E-state index in [4.69, 9.17) is 0 Å². The van der Waals surface area contributed by atoms with Gasteiger partial charge in [0.2, 0.25) is 5.91 Å². The van der Waals surface area contributed by atoms with Crippen LogP contribution in [0.5, 0.6) is 0 Å².